The predicted molar refractivity (Wildman–Crippen MR) is 79.2 cm³/mol. The van der Waals surface area contributed by atoms with E-state index in [0.717, 1.165) is 6.42 Å². The van der Waals surface area contributed by atoms with Crippen molar-refractivity contribution in [1.82, 2.24) is 0 Å². The summed E-state index contributed by atoms with van der Waals surface area (Å²) in [7, 11) is 0. The molecule has 0 aliphatic rings. The number of aryl methyl sites for hydroxylation is 2. The number of nitrogens with two attached hydrogens (primary N) is 1. The van der Waals surface area contributed by atoms with Crippen LogP contribution >= 0.6 is 11.8 Å². The van der Waals surface area contributed by atoms with Crippen LogP contribution < -0.4 is 5.73 Å². The number of rotatable bonds is 4. The van der Waals surface area contributed by atoms with E-state index in [1.807, 2.05) is 11.8 Å². The van der Waals surface area contributed by atoms with Crippen molar-refractivity contribution in [2.24, 2.45) is 5.73 Å². The van der Waals surface area contributed by atoms with E-state index in [-0.39, 0.29) is 0 Å². The van der Waals surface area contributed by atoms with Gasteiger partial charge in [-0.3, -0.25) is 0 Å². The van der Waals surface area contributed by atoms with Gasteiger partial charge in [0, 0.05) is 9.79 Å². The van der Waals surface area contributed by atoms with Gasteiger partial charge < -0.3 is 5.73 Å². The predicted octanol–water partition coefficient (Wildman–Crippen LogP) is 3.96. The standard InChI is InChI=1S/C16H19NS/c1-12-5-3-4-6-15(12)18-16-8-7-14(9-10-17)11-13(16)2/h3-8,11H,9-10,17H2,1-2H3. The van der Waals surface area contributed by atoms with Gasteiger partial charge in [0.05, 0.1) is 0 Å². The summed E-state index contributed by atoms with van der Waals surface area (Å²) in [4.78, 5) is 2.65. The highest BCUT2D eigenvalue weighted by atomic mass is 32.2. The van der Waals surface area contributed by atoms with Crippen LogP contribution in [0.2, 0.25) is 0 Å². The molecule has 2 rings (SSSR count). The van der Waals surface area contributed by atoms with Gasteiger partial charge in [0.25, 0.3) is 0 Å². The van der Waals surface area contributed by atoms with Crippen LogP contribution in [0.4, 0.5) is 0 Å². The van der Waals surface area contributed by atoms with Gasteiger partial charge in [0.2, 0.25) is 0 Å². The van der Waals surface area contributed by atoms with Crippen LogP contribution in [0.15, 0.2) is 52.3 Å². The third-order valence-corrected chi connectivity index (χ3v) is 4.34. The van der Waals surface area contributed by atoms with Gasteiger partial charge in [-0.25, -0.2) is 0 Å². The average molecular weight is 257 g/mol. The second-order valence-corrected chi connectivity index (χ2v) is 5.59. The minimum atomic E-state index is 0.712. The Kier molecular flexibility index (Phi) is 4.45. The molecule has 0 saturated carbocycles. The van der Waals surface area contributed by atoms with E-state index in [9.17, 15) is 0 Å². The van der Waals surface area contributed by atoms with Crippen LogP contribution in [-0.2, 0) is 6.42 Å². The van der Waals surface area contributed by atoms with Gasteiger partial charge in [0.15, 0.2) is 0 Å². The van der Waals surface area contributed by atoms with Gasteiger partial charge in [-0.05, 0) is 55.6 Å². The summed E-state index contributed by atoms with van der Waals surface area (Å²) in [5.74, 6) is 0. The summed E-state index contributed by atoms with van der Waals surface area (Å²) in [5.41, 5.74) is 9.56. The molecule has 0 unspecified atom stereocenters. The molecule has 2 aromatic rings. The summed E-state index contributed by atoms with van der Waals surface area (Å²) < 4.78 is 0. The molecule has 0 spiro atoms. The second-order valence-electron chi connectivity index (χ2n) is 4.51. The molecule has 0 bridgehead atoms. The van der Waals surface area contributed by atoms with Gasteiger partial charge in [0.1, 0.15) is 0 Å². The van der Waals surface area contributed by atoms with Crippen LogP contribution in [-0.4, -0.2) is 6.54 Å². The molecule has 0 fully saturated rings. The molecule has 2 aromatic carbocycles. The Morgan fingerprint density at radius 1 is 0.944 bits per heavy atom. The number of hydrogen-bond acceptors (Lipinski definition) is 2. The first-order chi connectivity index (χ1) is 8.70. The first-order valence-electron chi connectivity index (χ1n) is 6.24. The van der Waals surface area contributed by atoms with Crippen molar-refractivity contribution in [2.45, 2.75) is 30.1 Å². The van der Waals surface area contributed by atoms with Crippen molar-refractivity contribution in [2.75, 3.05) is 6.54 Å². The molecular formula is C16H19NS. The molecule has 0 amide bonds. The third-order valence-electron chi connectivity index (χ3n) is 2.99. The zero-order valence-corrected chi connectivity index (χ0v) is 11.8. The van der Waals surface area contributed by atoms with E-state index in [1.54, 1.807) is 0 Å². The average Bonchev–Trinajstić information content (AvgIpc) is 2.35. The Morgan fingerprint density at radius 3 is 2.33 bits per heavy atom. The maximum absolute atomic E-state index is 5.59. The van der Waals surface area contributed by atoms with E-state index in [2.05, 4.69) is 56.3 Å². The lowest BCUT2D eigenvalue weighted by Crippen LogP contribution is -2.02. The van der Waals surface area contributed by atoms with Crippen molar-refractivity contribution >= 4 is 11.8 Å². The van der Waals surface area contributed by atoms with Crippen molar-refractivity contribution < 1.29 is 0 Å². The van der Waals surface area contributed by atoms with Crippen molar-refractivity contribution in [1.29, 1.82) is 0 Å². The monoisotopic (exact) mass is 257 g/mol. The second kappa shape index (κ2) is 6.07. The lowest BCUT2D eigenvalue weighted by atomic mass is 10.1. The van der Waals surface area contributed by atoms with Crippen molar-refractivity contribution in [3.63, 3.8) is 0 Å². The SMILES string of the molecule is Cc1ccccc1Sc1ccc(CCN)cc1C. The summed E-state index contributed by atoms with van der Waals surface area (Å²) in [6.07, 6.45) is 0.955. The van der Waals surface area contributed by atoms with Gasteiger partial charge in [-0.2, -0.15) is 0 Å². The molecule has 18 heavy (non-hydrogen) atoms. The van der Waals surface area contributed by atoms with Gasteiger partial charge in [-0.15, -0.1) is 0 Å². The summed E-state index contributed by atoms with van der Waals surface area (Å²) in [6.45, 7) is 5.03. The summed E-state index contributed by atoms with van der Waals surface area (Å²) in [6, 6.07) is 15.1. The summed E-state index contributed by atoms with van der Waals surface area (Å²) >= 11 is 1.84. The number of benzene rings is 2. The maximum Gasteiger partial charge on any atom is 0.0151 e. The minimum absolute atomic E-state index is 0.712. The quantitative estimate of drug-likeness (QED) is 0.897. The maximum atomic E-state index is 5.59. The minimum Gasteiger partial charge on any atom is -0.330 e. The van der Waals surface area contributed by atoms with Gasteiger partial charge in [-0.1, -0.05) is 42.1 Å². The third kappa shape index (κ3) is 3.15. The number of hydrogen-bond donors (Lipinski definition) is 1. The molecule has 0 radical (unpaired) electrons. The highest BCUT2D eigenvalue weighted by Gasteiger charge is 2.04. The molecule has 2 N–H and O–H groups in total. The Hall–Kier alpha value is -1.25. The van der Waals surface area contributed by atoms with E-state index in [1.165, 1.54) is 26.5 Å². The van der Waals surface area contributed by atoms with Crippen LogP contribution in [0.3, 0.4) is 0 Å². The molecule has 94 valence electrons. The topological polar surface area (TPSA) is 26.0 Å². The van der Waals surface area contributed by atoms with Crippen molar-refractivity contribution in [3.8, 4) is 0 Å². The molecule has 0 aliphatic carbocycles. The Balaban J connectivity index is 2.22. The highest BCUT2D eigenvalue weighted by molar-refractivity contribution is 7.99. The van der Waals surface area contributed by atoms with Gasteiger partial charge >= 0.3 is 0 Å². The molecule has 2 heteroatoms. The normalized spacial score (nSPS) is 10.6. The molecule has 0 atom stereocenters. The van der Waals surface area contributed by atoms with E-state index >= 15 is 0 Å². The Morgan fingerprint density at radius 2 is 1.67 bits per heavy atom. The zero-order chi connectivity index (χ0) is 13.0. The van der Waals surface area contributed by atoms with Crippen molar-refractivity contribution in [3.05, 3.63) is 59.2 Å². The molecular weight excluding hydrogens is 238 g/mol. The molecule has 0 aliphatic heterocycles. The fraction of sp³-hybridized carbons (Fsp3) is 0.250. The Labute approximate surface area is 113 Å². The van der Waals surface area contributed by atoms with E-state index in [4.69, 9.17) is 5.73 Å². The highest BCUT2D eigenvalue weighted by Crippen LogP contribution is 2.32. The fourth-order valence-electron chi connectivity index (χ4n) is 1.94. The Bertz CT molecular complexity index is 534. The van der Waals surface area contributed by atoms with Crippen LogP contribution in [0.25, 0.3) is 0 Å². The largest absolute Gasteiger partial charge is 0.330 e. The zero-order valence-electron chi connectivity index (χ0n) is 10.9. The smallest absolute Gasteiger partial charge is 0.0151 e. The first-order valence-corrected chi connectivity index (χ1v) is 7.05. The van der Waals surface area contributed by atoms with Crippen LogP contribution in [0.5, 0.6) is 0 Å². The van der Waals surface area contributed by atoms with Crippen LogP contribution in [0, 0.1) is 13.8 Å². The summed E-state index contributed by atoms with van der Waals surface area (Å²) in [5, 5.41) is 0. The molecule has 1 nitrogen and oxygen atoms in total. The lowest BCUT2D eigenvalue weighted by Gasteiger charge is -2.09. The van der Waals surface area contributed by atoms with E-state index in [0.29, 0.717) is 6.54 Å². The fourth-order valence-corrected chi connectivity index (χ4v) is 2.91. The lowest BCUT2D eigenvalue weighted by molar-refractivity contribution is 0.963. The van der Waals surface area contributed by atoms with E-state index < -0.39 is 0 Å². The molecule has 0 aromatic heterocycles. The first kappa shape index (κ1) is 13.2. The molecule has 0 saturated heterocycles. The van der Waals surface area contributed by atoms with Crippen LogP contribution in [0.1, 0.15) is 16.7 Å². The molecule has 0 heterocycles.